The first-order valence-electron chi connectivity index (χ1n) is 10.3. The van der Waals surface area contributed by atoms with Gasteiger partial charge in [-0.05, 0) is 42.9 Å². The predicted molar refractivity (Wildman–Crippen MR) is 115 cm³/mol. The lowest BCUT2D eigenvalue weighted by Crippen LogP contribution is -2.43. The molecular weight excluding hydrogens is 384 g/mol. The third-order valence-electron chi connectivity index (χ3n) is 5.43. The van der Waals surface area contributed by atoms with Crippen LogP contribution in [0.2, 0.25) is 0 Å². The maximum absolute atomic E-state index is 12.9. The van der Waals surface area contributed by atoms with Gasteiger partial charge < -0.3 is 5.32 Å². The van der Waals surface area contributed by atoms with Crippen LogP contribution in [0.1, 0.15) is 44.7 Å². The van der Waals surface area contributed by atoms with E-state index in [9.17, 15) is 13.2 Å². The first-order chi connectivity index (χ1) is 13.9. The number of nitrogens with one attached hydrogen (secondary N) is 1. The third kappa shape index (κ3) is 5.46. The monoisotopic (exact) mass is 414 g/mol. The summed E-state index contributed by atoms with van der Waals surface area (Å²) >= 11 is 0. The van der Waals surface area contributed by atoms with Crippen molar-refractivity contribution in [1.29, 1.82) is 0 Å². The van der Waals surface area contributed by atoms with Gasteiger partial charge in [-0.15, -0.1) is 0 Å². The summed E-state index contributed by atoms with van der Waals surface area (Å²) in [5, 5.41) is 3.21. The molecule has 0 aromatic heterocycles. The zero-order chi connectivity index (χ0) is 20.9. The van der Waals surface area contributed by atoms with E-state index in [-0.39, 0.29) is 17.9 Å². The van der Waals surface area contributed by atoms with Gasteiger partial charge in [0.1, 0.15) is 0 Å². The van der Waals surface area contributed by atoms with Crippen LogP contribution in [0, 0.1) is 11.8 Å². The first kappa shape index (κ1) is 21.5. The maximum Gasteiger partial charge on any atom is 0.243 e. The van der Waals surface area contributed by atoms with E-state index in [4.69, 9.17) is 0 Å². The molecule has 1 heterocycles. The Morgan fingerprint density at radius 3 is 2.10 bits per heavy atom. The van der Waals surface area contributed by atoms with Gasteiger partial charge in [-0.3, -0.25) is 4.79 Å². The smallest absolute Gasteiger partial charge is 0.243 e. The highest BCUT2D eigenvalue weighted by Crippen LogP contribution is 2.26. The van der Waals surface area contributed by atoms with E-state index in [0.29, 0.717) is 36.7 Å². The van der Waals surface area contributed by atoms with Crippen molar-refractivity contribution in [3.05, 3.63) is 66.2 Å². The topological polar surface area (TPSA) is 66.5 Å². The second kappa shape index (κ2) is 9.55. The van der Waals surface area contributed by atoms with Gasteiger partial charge in [0.05, 0.1) is 10.9 Å². The number of benzene rings is 2. The van der Waals surface area contributed by atoms with Gasteiger partial charge in [0, 0.05) is 19.0 Å². The molecule has 0 aliphatic carbocycles. The van der Waals surface area contributed by atoms with Crippen molar-refractivity contribution in [1.82, 2.24) is 9.62 Å². The first-order valence-corrected chi connectivity index (χ1v) is 11.7. The Balaban J connectivity index is 1.62. The molecule has 0 spiro atoms. The lowest BCUT2D eigenvalue weighted by Gasteiger charge is -2.32. The van der Waals surface area contributed by atoms with Gasteiger partial charge in [-0.1, -0.05) is 62.4 Å². The molecular formula is C23H30N2O3S. The van der Waals surface area contributed by atoms with Crippen LogP contribution in [0.4, 0.5) is 0 Å². The molecule has 2 aromatic rings. The highest BCUT2D eigenvalue weighted by molar-refractivity contribution is 7.89. The second-order valence-corrected chi connectivity index (χ2v) is 10.0. The number of carbonyl (C=O) groups excluding carboxylic acids is 1. The van der Waals surface area contributed by atoms with Gasteiger partial charge in [-0.25, -0.2) is 8.42 Å². The van der Waals surface area contributed by atoms with Crippen molar-refractivity contribution >= 4 is 15.9 Å². The van der Waals surface area contributed by atoms with E-state index in [1.807, 2.05) is 30.3 Å². The summed E-state index contributed by atoms with van der Waals surface area (Å²) in [4.78, 5) is 13.2. The van der Waals surface area contributed by atoms with Crippen molar-refractivity contribution in [2.24, 2.45) is 11.8 Å². The largest absolute Gasteiger partial charge is 0.349 e. The molecule has 6 heteroatoms. The fourth-order valence-electron chi connectivity index (χ4n) is 3.82. The Morgan fingerprint density at radius 2 is 1.55 bits per heavy atom. The Morgan fingerprint density at radius 1 is 1.00 bits per heavy atom. The highest BCUT2D eigenvalue weighted by atomic mass is 32.2. The molecule has 1 fully saturated rings. The minimum Gasteiger partial charge on any atom is -0.349 e. The molecule has 1 N–H and O–H groups in total. The molecule has 2 aromatic carbocycles. The molecule has 156 valence electrons. The van der Waals surface area contributed by atoms with E-state index >= 15 is 0 Å². The summed E-state index contributed by atoms with van der Waals surface area (Å²) in [6.45, 7) is 5.04. The fraction of sp³-hybridized carbons (Fsp3) is 0.435. The second-order valence-electron chi connectivity index (χ2n) is 8.09. The summed E-state index contributed by atoms with van der Waals surface area (Å²) in [7, 11) is -3.49. The van der Waals surface area contributed by atoms with Crippen LogP contribution in [0.25, 0.3) is 0 Å². The van der Waals surface area contributed by atoms with Crippen LogP contribution in [-0.4, -0.2) is 31.7 Å². The minimum atomic E-state index is -3.49. The molecule has 1 amide bonds. The molecule has 0 unspecified atom stereocenters. The van der Waals surface area contributed by atoms with Crippen LogP contribution in [-0.2, 0) is 14.8 Å². The van der Waals surface area contributed by atoms with Gasteiger partial charge in [-0.2, -0.15) is 4.31 Å². The summed E-state index contributed by atoms with van der Waals surface area (Å²) in [6, 6.07) is 18.5. The summed E-state index contributed by atoms with van der Waals surface area (Å²) < 4.78 is 27.0. The normalized spacial score (nSPS) is 17.2. The Hall–Kier alpha value is -2.18. The number of nitrogens with zero attached hydrogens (tertiary/aromatic N) is 1. The summed E-state index contributed by atoms with van der Waals surface area (Å²) in [6.07, 6.45) is 1.96. The summed E-state index contributed by atoms with van der Waals surface area (Å²) in [5.74, 6) is 0.324. The Labute approximate surface area is 174 Å². The maximum atomic E-state index is 12.9. The van der Waals surface area contributed by atoms with Crippen LogP contribution < -0.4 is 5.32 Å². The minimum absolute atomic E-state index is 0.0187. The average molecular weight is 415 g/mol. The van der Waals surface area contributed by atoms with Crippen molar-refractivity contribution < 1.29 is 13.2 Å². The van der Waals surface area contributed by atoms with E-state index in [1.54, 1.807) is 30.3 Å². The van der Waals surface area contributed by atoms with Crippen LogP contribution in [0.5, 0.6) is 0 Å². The van der Waals surface area contributed by atoms with Crippen LogP contribution in [0.3, 0.4) is 0 Å². The number of sulfonamides is 1. The molecule has 1 aliphatic rings. The Kier molecular flexibility index (Phi) is 7.09. The van der Waals surface area contributed by atoms with E-state index in [2.05, 4.69) is 19.2 Å². The fourth-order valence-corrected chi connectivity index (χ4v) is 5.32. The van der Waals surface area contributed by atoms with Crippen molar-refractivity contribution in [2.75, 3.05) is 13.1 Å². The van der Waals surface area contributed by atoms with Crippen LogP contribution >= 0.6 is 0 Å². The third-order valence-corrected chi connectivity index (χ3v) is 7.34. The molecule has 0 bridgehead atoms. The number of hydrogen-bond acceptors (Lipinski definition) is 3. The highest BCUT2D eigenvalue weighted by Gasteiger charge is 2.32. The number of piperidine rings is 1. The van der Waals surface area contributed by atoms with E-state index < -0.39 is 10.0 Å². The lowest BCUT2D eigenvalue weighted by atomic mass is 9.93. The standard InChI is InChI=1S/C23H30N2O3S/c1-18(2)17-22(19-9-5-3-6-10-19)24-23(26)20-13-15-25(16-14-20)29(27,28)21-11-7-4-8-12-21/h3-12,18,20,22H,13-17H2,1-2H3,(H,24,26)/t22-/m1/s1. The molecule has 1 aliphatic heterocycles. The van der Waals surface area contributed by atoms with Gasteiger partial charge in [0.2, 0.25) is 15.9 Å². The zero-order valence-corrected chi connectivity index (χ0v) is 17.9. The van der Waals surface area contributed by atoms with Crippen molar-refractivity contribution in [3.63, 3.8) is 0 Å². The Bertz CT molecular complexity index is 890. The average Bonchev–Trinajstić information content (AvgIpc) is 2.74. The van der Waals surface area contributed by atoms with E-state index in [1.165, 1.54) is 4.31 Å². The van der Waals surface area contributed by atoms with Gasteiger partial charge >= 0.3 is 0 Å². The van der Waals surface area contributed by atoms with Gasteiger partial charge in [0.15, 0.2) is 0 Å². The number of carbonyl (C=O) groups is 1. The quantitative estimate of drug-likeness (QED) is 0.745. The van der Waals surface area contributed by atoms with E-state index in [0.717, 1.165) is 12.0 Å². The number of amides is 1. The predicted octanol–water partition coefficient (Wildman–Crippen LogP) is 3.99. The van der Waals surface area contributed by atoms with Crippen molar-refractivity contribution in [2.45, 2.75) is 44.0 Å². The zero-order valence-electron chi connectivity index (χ0n) is 17.1. The lowest BCUT2D eigenvalue weighted by molar-refractivity contribution is -0.127. The summed E-state index contributed by atoms with van der Waals surface area (Å²) in [5.41, 5.74) is 1.11. The molecule has 1 atom stereocenters. The SMILES string of the molecule is CC(C)C[C@@H](NC(=O)C1CCN(S(=O)(=O)c2ccccc2)CC1)c1ccccc1. The molecule has 0 saturated carbocycles. The molecule has 5 nitrogen and oxygen atoms in total. The van der Waals surface area contributed by atoms with Crippen LogP contribution in [0.15, 0.2) is 65.6 Å². The van der Waals surface area contributed by atoms with Gasteiger partial charge in [0.25, 0.3) is 0 Å². The number of hydrogen-bond donors (Lipinski definition) is 1. The molecule has 3 rings (SSSR count). The van der Waals surface area contributed by atoms with Crippen molar-refractivity contribution in [3.8, 4) is 0 Å². The molecule has 29 heavy (non-hydrogen) atoms. The molecule has 0 radical (unpaired) electrons. The molecule has 1 saturated heterocycles. The number of rotatable bonds is 7.